The Morgan fingerprint density at radius 2 is 2.05 bits per heavy atom. The molecule has 114 valence electrons. The number of rotatable bonds is 3. The number of benzene rings is 1. The van der Waals surface area contributed by atoms with E-state index in [1.54, 1.807) is 5.57 Å². The summed E-state index contributed by atoms with van der Waals surface area (Å²) < 4.78 is 0. The van der Waals surface area contributed by atoms with Crippen molar-refractivity contribution in [2.75, 3.05) is 31.5 Å². The van der Waals surface area contributed by atoms with E-state index >= 15 is 0 Å². The van der Waals surface area contributed by atoms with Crippen molar-refractivity contribution in [2.24, 2.45) is 5.41 Å². The first-order valence-corrected chi connectivity index (χ1v) is 8.29. The molecule has 2 heterocycles. The van der Waals surface area contributed by atoms with Gasteiger partial charge in [-0.05, 0) is 36.4 Å². The third-order valence-corrected chi connectivity index (χ3v) is 4.99. The number of para-hydroxylation sites is 1. The van der Waals surface area contributed by atoms with Crippen molar-refractivity contribution in [3.05, 3.63) is 41.5 Å². The SMILES string of the molecule is CC(C)(C)C1=CCN(CCC2CNc3ccccc32)CC1. The summed E-state index contributed by atoms with van der Waals surface area (Å²) in [5, 5.41) is 3.53. The molecule has 1 aromatic carbocycles. The highest BCUT2D eigenvalue weighted by Gasteiger charge is 2.24. The Labute approximate surface area is 129 Å². The van der Waals surface area contributed by atoms with Gasteiger partial charge < -0.3 is 5.32 Å². The molecule has 1 unspecified atom stereocenters. The maximum Gasteiger partial charge on any atom is 0.0376 e. The molecule has 2 heteroatoms. The Morgan fingerprint density at radius 1 is 1.24 bits per heavy atom. The maximum atomic E-state index is 3.53. The number of nitrogens with zero attached hydrogens (tertiary/aromatic N) is 1. The van der Waals surface area contributed by atoms with E-state index in [4.69, 9.17) is 0 Å². The van der Waals surface area contributed by atoms with Crippen LogP contribution in [-0.4, -0.2) is 31.1 Å². The van der Waals surface area contributed by atoms with Gasteiger partial charge in [0, 0.05) is 31.2 Å². The molecule has 2 aliphatic heterocycles. The minimum atomic E-state index is 0.348. The normalized spacial score (nSPS) is 22.6. The van der Waals surface area contributed by atoms with Gasteiger partial charge in [0.15, 0.2) is 0 Å². The van der Waals surface area contributed by atoms with Gasteiger partial charge in [-0.3, -0.25) is 4.90 Å². The zero-order chi connectivity index (χ0) is 14.9. The molecule has 1 atom stereocenters. The van der Waals surface area contributed by atoms with Crippen LogP contribution in [0.2, 0.25) is 0 Å². The number of anilines is 1. The fourth-order valence-corrected chi connectivity index (χ4v) is 3.55. The molecule has 0 saturated heterocycles. The average molecular weight is 284 g/mol. The van der Waals surface area contributed by atoms with Gasteiger partial charge in [-0.2, -0.15) is 0 Å². The van der Waals surface area contributed by atoms with Crippen LogP contribution in [0.3, 0.4) is 0 Å². The molecule has 1 N–H and O–H groups in total. The van der Waals surface area contributed by atoms with Crippen molar-refractivity contribution in [1.29, 1.82) is 0 Å². The van der Waals surface area contributed by atoms with Gasteiger partial charge in [0.2, 0.25) is 0 Å². The van der Waals surface area contributed by atoms with Gasteiger partial charge in [-0.25, -0.2) is 0 Å². The maximum absolute atomic E-state index is 3.53. The molecule has 0 saturated carbocycles. The van der Waals surface area contributed by atoms with Crippen LogP contribution in [0.4, 0.5) is 5.69 Å². The van der Waals surface area contributed by atoms with Crippen LogP contribution in [0.15, 0.2) is 35.9 Å². The summed E-state index contributed by atoms with van der Waals surface area (Å²) in [4.78, 5) is 2.61. The molecule has 2 aliphatic rings. The van der Waals surface area contributed by atoms with E-state index in [0.717, 1.165) is 13.1 Å². The summed E-state index contributed by atoms with van der Waals surface area (Å²) in [6, 6.07) is 8.78. The smallest absolute Gasteiger partial charge is 0.0376 e. The Hall–Kier alpha value is -1.28. The van der Waals surface area contributed by atoms with Gasteiger partial charge >= 0.3 is 0 Å². The molecule has 0 aromatic heterocycles. The van der Waals surface area contributed by atoms with Crippen LogP contribution in [0.1, 0.15) is 45.1 Å². The molecule has 0 amide bonds. The molecule has 0 radical (unpaired) electrons. The summed E-state index contributed by atoms with van der Waals surface area (Å²) >= 11 is 0. The lowest BCUT2D eigenvalue weighted by atomic mass is 9.83. The molecule has 21 heavy (non-hydrogen) atoms. The number of nitrogens with one attached hydrogen (secondary N) is 1. The van der Waals surface area contributed by atoms with E-state index in [0.29, 0.717) is 11.3 Å². The molecule has 0 fully saturated rings. The van der Waals surface area contributed by atoms with Crippen LogP contribution >= 0.6 is 0 Å². The lowest BCUT2D eigenvalue weighted by molar-refractivity contribution is 0.270. The lowest BCUT2D eigenvalue weighted by Crippen LogP contribution is -2.32. The van der Waals surface area contributed by atoms with Crippen molar-refractivity contribution in [3.63, 3.8) is 0 Å². The van der Waals surface area contributed by atoms with Crippen LogP contribution in [0.25, 0.3) is 0 Å². The van der Waals surface area contributed by atoms with Gasteiger partial charge in [0.05, 0.1) is 0 Å². The summed E-state index contributed by atoms with van der Waals surface area (Å²) in [6.07, 6.45) is 4.97. The molecular weight excluding hydrogens is 256 g/mol. The van der Waals surface area contributed by atoms with Crippen LogP contribution in [-0.2, 0) is 0 Å². The highest BCUT2D eigenvalue weighted by molar-refractivity contribution is 5.57. The largest absolute Gasteiger partial charge is 0.384 e. The third kappa shape index (κ3) is 3.32. The summed E-state index contributed by atoms with van der Waals surface area (Å²) in [6.45, 7) is 11.7. The Balaban J connectivity index is 1.53. The number of fused-ring (bicyclic) bond motifs is 1. The van der Waals surface area contributed by atoms with Crippen LogP contribution < -0.4 is 5.32 Å². The molecule has 1 aromatic rings. The molecule has 2 nitrogen and oxygen atoms in total. The zero-order valence-corrected chi connectivity index (χ0v) is 13.7. The van der Waals surface area contributed by atoms with Gasteiger partial charge in [-0.1, -0.05) is 50.6 Å². The second-order valence-electron chi connectivity index (χ2n) is 7.48. The molecular formula is C19H28N2. The van der Waals surface area contributed by atoms with E-state index in [-0.39, 0.29) is 0 Å². The fourth-order valence-electron chi connectivity index (χ4n) is 3.55. The van der Waals surface area contributed by atoms with Crippen molar-refractivity contribution in [2.45, 2.75) is 39.5 Å². The second-order valence-corrected chi connectivity index (χ2v) is 7.48. The minimum absolute atomic E-state index is 0.348. The molecule has 0 bridgehead atoms. The van der Waals surface area contributed by atoms with Gasteiger partial charge in [0.1, 0.15) is 0 Å². The third-order valence-electron chi connectivity index (χ3n) is 4.99. The quantitative estimate of drug-likeness (QED) is 0.834. The van der Waals surface area contributed by atoms with E-state index in [2.05, 4.69) is 61.3 Å². The molecule has 0 spiro atoms. The van der Waals surface area contributed by atoms with Gasteiger partial charge in [-0.15, -0.1) is 0 Å². The van der Waals surface area contributed by atoms with Crippen LogP contribution in [0, 0.1) is 5.41 Å². The fraction of sp³-hybridized carbons (Fsp3) is 0.579. The molecule has 0 aliphatic carbocycles. The van der Waals surface area contributed by atoms with Crippen LogP contribution in [0.5, 0.6) is 0 Å². The predicted molar refractivity (Wildman–Crippen MR) is 90.9 cm³/mol. The summed E-state index contributed by atoms with van der Waals surface area (Å²) in [5.41, 5.74) is 4.84. The monoisotopic (exact) mass is 284 g/mol. The Bertz CT molecular complexity index is 525. The predicted octanol–water partition coefficient (Wildman–Crippen LogP) is 4.26. The van der Waals surface area contributed by atoms with Crippen molar-refractivity contribution in [3.8, 4) is 0 Å². The first kappa shape index (κ1) is 14.6. The summed E-state index contributed by atoms with van der Waals surface area (Å²) in [7, 11) is 0. The zero-order valence-electron chi connectivity index (χ0n) is 13.7. The second kappa shape index (κ2) is 5.84. The van der Waals surface area contributed by atoms with Crippen molar-refractivity contribution < 1.29 is 0 Å². The number of hydrogen-bond donors (Lipinski definition) is 1. The topological polar surface area (TPSA) is 15.3 Å². The highest BCUT2D eigenvalue weighted by atomic mass is 15.1. The Kier molecular flexibility index (Phi) is 4.08. The van der Waals surface area contributed by atoms with E-state index in [9.17, 15) is 0 Å². The number of hydrogen-bond acceptors (Lipinski definition) is 2. The van der Waals surface area contributed by atoms with E-state index < -0.39 is 0 Å². The van der Waals surface area contributed by atoms with E-state index in [1.807, 2.05) is 0 Å². The average Bonchev–Trinajstić information content (AvgIpc) is 2.88. The standard InChI is InChI=1S/C19H28N2/c1-19(2,3)16-9-12-21(13-10-16)11-8-15-14-20-18-7-5-4-6-17(15)18/h4-7,9,15,20H,8,10-14H2,1-3H3. The van der Waals surface area contributed by atoms with E-state index in [1.165, 1.54) is 37.2 Å². The highest BCUT2D eigenvalue weighted by Crippen LogP contribution is 2.34. The first-order valence-electron chi connectivity index (χ1n) is 8.29. The lowest BCUT2D eigenvalue weighted by Gasteiger charge is -2.32. The van der Waals surface area contributed by atoms with Crippen molar-refractivity contribution >= 4 is 5.69 Å². The Morgan fingerprint density at radius 3 is 2.76 bits per heavy atom. The van der Waals surface area contributed by atoms with Crippen molar-refractivity contribution in [1.82, 2.24) is 4.90 Å². The first-order chi connectivity index (χ1) is 10.0. The van der Waals surface area contributed by atoms with Gasteiger partial charge in [0.25, 0.3) is 0 Å². The molecule has 3 rings (SSSR count). The summed E-state index contributed by atoms with van der Waals surface area (Å²) in [5.74, 6) is 0.689. The minimum Gasteiger partial charge on any atom is -0.384 e.